The van der Waals surface area contributed by atoms with Gasteiger partial charge in [0.25, 0.3) is 5.91 Å². The van der Waals surface area contributed by atoms with E-state index in [-0.39, 0.29) is 29.3 Å². The first-order chi connectivity index (χ1) is 13.4. The van der Waals surface area contributed by atoms with E-state index in [4.69, 9.17) is 4.74 Å². The average Bonchev–Trinajstić information content (AvgIpc) is 3.03. The van der Waals surface area contributed by atoms with E-state index in [9.17, 15) is 22.4 Å². The number of sulfone groups is 1. The number of ether oxygens (including phenoxy) is 1. The molecule has 0 unspecified atom stereocenters. The van der Waals surface area contributed by atoms with Gasteiger partial charge in [-0.3, -0.25) is 4.79 Å². The molecular weight excluding hydrogens is 421 g/mol. The van der Waals surface area contributed by atoms with Crippen LogP contribution in [-0.4, -0.2) is 60.5 Å². The van der Waals surface area contributed by atoms with Crippen LogP contribution in [0.15, 0.2) is 29.3 Å². The van der Waals surface area contributed by atoms with Crippen LogP contribution < -0.4 is 10.2 Å². The van der Waals surface area contributed by atoms with E-state index < -0.39 is 33.3 Å². The number of thioether (sulfide) groups is 1. The summed E-state index contributed by atoms with van der Waals surface area (Å²) in [6, 6.07) is 5.17. The van der Waals surface area contributed by atoms with Gasteiger partial charge in [0.2, 0.25) is 0 Å². The molecule has 0 spiro atoms. The number of benzene rings is 1. The van der Waals surface area contributed by atoms with Crippen LogP contribution in [0.3, 0.4) is 0 Å². The maximum Gasteiger partial charge on any atom is 0.408 e. The molecule has 11 heteroatoms. The normalized spacial score (nSPS) is 24.4. The molecule has 158 valence electrons. The van der Waals surface area contributed by atoms with Crippen molar-refractivity contribution in [3.8, 4) is 0 Å². The number of fused-ring (bicyclic) bond motifs is 1. The lowest BCUT2D eigenvalue weighted by molar-refractivity contribution is -0.117. The van der Waals surface area contributed by atoms with Crippen LogP contribution in [0.4, 0.5) is 14.9 Å². The van der Waals surface area contributed by atoms with Crippen LogP contribution in [0.2, 0.25) is 0 Å². The van der Waals surface area contributed by atoms with E-state index >= 15 is 0 Å². The first kappa shape index (κ1) is 21.6. The molecule has 0 bridgehead atoms. The number of alkyl carbamates (subject to hydrolysis) is 1. The predicted molar refractivity (Wildman–Crippen MR) is 109 cm³/mol. The van der Waals surface area contributed by atoms with E-state index in [1.165, 1.54) is 36.0 Å². The van der Waals surface area contributed by atoms with Crippen molar-refractivity contribution in [2.45, 2.75) is 37.7 Å². The summed E-state index contributed by atoms with van der Waals surface area (Å²) in [5.41, 5.74) is -0.141. The fourth-order valence-electron chi connectivity index (χ4n) is 3.08. The number of hydrogen-bond donors (Lipinski definition) is 1. The van der Waals surface area contributed by atoms with E-state index in [2.05, 4.69) is 10.3 Å². The molecule has 1 N–H and O–H groups in total. The highest BCUT2D eigenvalue weighted by Gasteiger charge is 2.49. The zero-order valence-corrected chi connectivity index (χ0v) is 17.8. The van der Waals surface area contributed by atoms with Crippen molar-refractivity contribution < 1.29 is 27.1 Å². The van der Waals surface area contributed by atoms with Crippen molar-refractivity contribution >= 4 is 44.5 Å². The smallest absolute Gasteiger partial charge is 0.408 e. The summed E-state index contributed by atoms with van der Waals surface area (Å²) >= 11 is 1.20. The molecule has 2 heterocycles. The van der Waals surface area contributed by atoms with E-state index in [0.29, 0.717) is 10.9 Å². The summed E-state index contributed by atoms with van der Waals surface area (Å²) in [4.78, 5) is 29.7. The summed E-state index contributed by atoms with van der Waals surface area (Å²) in [5.74, 6) is -1.10. The Balaban J connectivity index is 1.77. The maximum atomic E-state index is 13.3. The molecule has 2 saturated heterocycles. The number of rotatable bonds is 3. The number of nitrogens with one attached hydrogen (secondary N) is 1. The summed E-state index contributed by atoms with van der Waals surface area (Å²) in [6.45, 7) is 4.76. The van der Waals surface area contributed by atoms with Crippen LogP contribution in [0, 0.1) is 5.82 Å². The van der Waals surface area contributed by atoms with E-state index in [1.807, 2.05) is 0 Å². The molecule has 0 aromatic heterocycles. The van der Waals surface area contributed by atoms with Gasteiger partial charge in [0, 0.05) is 10.9 Å². The molecule has 8 nitrogen and oxygen atoms in total. The Morgan fingerprint density at radius 2 is 1.93 bits per heavy atom. The van der Waals surface area contributed by atoms with Crippen molar-refractivity contribution in [3.63, 3.8) is 0 Å². The van der Waals surface area contributed by atoms with Crippen molar-refractivity contribution in [3.05, 3.63) is 30.1 Å². The lowest BCUT2D eigenvalue weighted by Gasteiger charge is -2.24. The molecule has 2 aliphatic rings. The number of hydrogen-bond acceptors (Lipinski definition) is 6. The van der Waals surface area contributed by atoms with Crippen molar-refractivity contribution in [1.29, 1.82) is 0 Å². The predicted octanol–water partition coefficient (Wildman–Crippen LogP) is 1.95. The number of carbonyl (C=O) groups excluding carboxylic acids is 2. The lowest BCUT2D eigenvalue weighted by Crippen LogP contribution is -2.38. The van der Waals surface area contributed by atoms with Crippen molar-refractivity contribution in [2.24, 2.45) is 4.99 Å². The summed E-state index contributed by atoms with van der Waals surface area (Å²) in [7, 11) is -3.20. The Labute approximate surface area is 172 Å². The van der Waals surface area contributed by atoms with Gasteiger partial charge >= 0.3 is 6.09 Å². The Bertz CT molecular complexity index is 941. The Hall–Kier alpha value is -2.14. The highest BCUT2D eigenvalue weighted by molar-refractivity contribution is 8.16. The van der Waals surface area contributed by atoms with Crippen molar-refractivity contribution in [1.82, 2.24) is 5.32 Å². The second kappa shape index (κ2) is 7.94. The number of aliphatic imine (C=N–C) groups is 1. The van der Waals surface area contributed by atoms with Crippen LogP contribution >= 0.6 is 11.8 Å². The van der Waals surface area contributed by atoms with Crippen LogP contribution in [0.5, 0.6) is 0 Å². The SMILES string of the molecule is CC(C)(C)OC(=O)NCC(=O)N=C1S[C@@H]2CS(=O)(=O)C[C@@H]2N1c1ccc(F)cc1. The van der Waals surface area contributed by atoms with Crippen LogP contribution in [0.1, 0.15) is 20.8 Å². The molecule has 2 aliphatic heterocycles. The zero-order chi connectivity index (χ0) is 21.4. The third-order valence-corrected chi connectivity index (χ3v) is 7.38. The lowest BCUT2D eigenvalue weighted by atomic mass is 10.2. The molecule has 0 saturated carbocycles. The number of carbonyl (C=O) groups is 2. The summed E-state index contributed by atoms with van der Waals surface area (Å²) in [5, 5.41) is 2.41. The standard InChI is InChI=1S/C18H22FN3O5S2/c1-18(2,3)27-17(24)20-8-15(23)21-16-22(12-6-4-11(19)5-7-12)13-9-29(25,26)10-14(13)28-16/h4-7,13-14H,8-10H2,1-3H3,(H,20,24)/t13-,14+/m0/s1. The van der Waals surface area contributed by atoms with Gasteiger partial charge < -0.3 is 15.0 Å². The Kier molecular flexibility index (Phi) is 5.91. The monoisotopic (exact) mass is 443 g/mol. The van der Waals surface area contributed by atoms with E-state index in [0.717, 1.165) is 0 Å². The summed E-state index contributed by atoms with van der Waals surface area (Å²) < 4.78 is 42.4. The zero-order valence-electron chi connectivity index (χ0n) is 16.2. The third-order valence-electron chi connectivity index (χ3n) is 4.17. The third kappa shape index (κ3) is 5.47. The fourth-order valence-corrected chi connectivity index (χ4v) is 7.01. The van der Waals surface area contributed by atoms with Crippen LogP contribution in [0.25, 0.3) is 0 Å². The molecule has 2 fully saturated rings. The number of amides is 2. The van der Waals surface area contributed by atoms with Crippen molar-refractivity contribution in [2.75, 3.05) is 23.0 Å². The molecule has 1 aromatic carbocycles. The second-order valence-corrected chi connectivity index (χ2v) is 11.2. The molecule has 3 rings (SSSR count). The van der Waals surface area contributed by atoms with Gasteiger partial charge in [-0.15, -0.1) is 0 Å². The van der Waals surface area contributed by atoms with Gasteiger partial charge in [0.15, 0.2) is 15.0 Å². The average molecular weight is 444 g/mol. The van der Waals surface area contributed by atoms with Gasteiger partial charge in [0.1, 0.15) is 18.0 Å². The minimum Gasteiger partial charge on any atom is -0.444 e. The van der Waals surface area contributed by atoms with Crippen LogP contribution in [-0.2, 0) is 19.4 Å². The largest absolute Gasteiger partial charge is 0.444 e. The number of nitrogens with zero attached hydrogens (tertiary/aromatic N) is 2. The van der Waals surface area contributed by atoms with Gasteiger partial charge in [-0.1, -0.05) is 11.8 Å². The molecule has 2 atom stereocenters. The number of halogens is 1. The quantitative estimate of drug-likeness (QED) is 0.761. The van der Waals surface area contributed by atoms with Gasteiger partial charge in [-0.25, -0.2) is 17.6 Å². The molecule has 0 radical (unpaired) electrons. The molecule has 0 aliphatic carbocycles. The molecular formula is C18H22FN3O5S2. The summed E-state index contributed by atoms with van der Waals surface area (Å²) in [6.07, 6.45) is -0.733. The fraction of sp³-hybridized carbons (Fsp3) is 0.500. The topological polar surface area (TPSA) is 105 Å². The van der Waals surface area contributed by atoms with Gasteiger partial charge in [-0.2, -0.15) is 4.99 Å². The Morgan fingerprint density at radius 3 is 2.55 bits per heavy atom. The van der Waals surface area contributed by atoms with Gasteiger partial charge in [-0.05, 0) is 45.0 Å². The second-order valence-electron chi connectivity index (χ2n) is 7.79. The Morgan fingerprint density at radius 1 is 1.28 bits per heavy atom. The number of anilines is 1. The maximum absolute atomic E-state index is 13.3. The first-order valence-electron chi connectivity index (χ1n) is 8.94. The first-order valence-corrected chi connectivity index (χ1v) is 11.6. The number of amidine groups is 1. The minimum atomic E-state index is -3.20. The molecule has 1 aromatic rings. The minimum absolute atomic E-state index is 0.0105. The highest BCUT2D eigenvalue weighted by Crippen LogP contribution is 2.40. The van der Waals surface area contributed by atoms with E-state index in [1.54, 1.807) is 25.7 Å². The molecule has 2 amide bonds. The molecule has 29 heavy (non-hydrogen) atoms. The highest BCUT2D eigenvalue weighted by atomic mass is 32.2. The van der Waals surface area contributed by atoms with Gasteiger partial charge in [0.05, 0.1) is 17.5 Å².